The lowest BCUT2D eigenvalue weighted by Gasteiger charge is -2.34. The largest absolute Gasteiger partial charge is 0.326 e. The molecule has 0 bridgehead atoms. The minimum absolute atomic E-state index is 0.00794. The fraction of sp³-hybridized carbons (Fsp3) is 0.529. The van der Waals surface area contributed by atoms with Crippen molar-refractivity contribution in [3.05, 3.63) is 24.3 Å². The Bertz CT molecular complexity index is 517. The van der Waals surface area contributed by atoms with Gasteiger partial charge in [0, 0.05) is 31.4 Å². The van der Waals surface area contributed by atoms with Gasteiger partial charge in [0.2, 0.25) is 11.8 Å². The topological polar surface area (TPSA) is 61.4 Å². The molecule has 22 heavy (non-hydrogen) atoms. The van der Waals surface area contributed by atoms with Crippen LogP contribution in [0.4, 0.5) is 11.4 Å². The van der Waals surface area contributed by atoms with Gasteiger partial charge in [-0.15, -0.1) is 0 Å². The van der Waals surface area contributed by atoms with Crippen molar-refractivity contribution in [3.8, 4) is 0 Å². The van der Waals surface area contributed by atoms with Crippen LogP contribution in [0.5, 0.6) is 0 Å². The molecule has 0 aliphatic carbocycles. The Morgan fingerprint density at radius 2 is 1.55 bits per heavy atom. The van der Waals surface area contributed by atoms with E-state index in [1.54, 1.807) is 24.3 Å². The molecular formula is C17H25N3O2. The normalized spacial score (nSPS) is 22.1. The molecule has 1 aliphatic heterocycles. The van der Waals surface area contributed by atoms with E-state index < -0.39 is 0 Å². The average molecular weight is 303 g/mol. The lowest BCUT2D eigenvalue weighted by atomic mass is 9.92. The molecule has 1 fully saturated rings. The summed E-state index contributed by atoms with van der Waals surface area (Å²) in [6.45, 7) is 8.35. The Morgan fingerprint density at radius 1 is 1.05 bits per heavy atom. The maximum Gasteiger partial charge on any atom is 0.238 e. The van der Waals surface area contributed by atoms with Crippen molar-refractivity contribution in [2.45, 2.75) is 27.2 Å². The zero-order valence-corrected chi connectivity index (χ0v) is 13.6. The van der Waals surface area contributed by atoms with Crippen LogP contribution in [0, 0.1) is 11.8 Å². The van der Waals surface area contributed by atoms with Gasteiger partial charge in [-0.2, -0.15) is 0 Å². The lowest BCUT2D eigenvalue weighted by molar-refractivity contribution is -0.118. The van der Waals surface area contributed by atoms with Crippen LogP contribution in [0.2, 0.25) is 0 Å². The van der Waals surface area contributed by atoms with E-state index >= 15 is 0 Å². The number of amides is 2. The highest BCUT2D eigenvalue weighted by Gasteiger charge is 2.23. The summed E-state index contributed by atoms with van der Waals surface area (Å²) in [5.74, 6) is 1.20. The lowest BCUT2D eigenvalue weighted by Crippen LogP contribution is -2.42. The van der Waals surface area contributed by atoms with E-state index in [0.29, 0.717) is 18.4 Å². The van der Waals surface area contributed by atoms with Crippen LogP contribution in [0.3, 0.4) is 0 Å². The number of nitrogens with one attached hydrogen (secondary N) is 2. The first-order valence-electron chi connectivity index (χ1n) is 7.82. The predicted molar refractivity (Wildman–Crippen MR) is 88.8 cm³/mol. The van der Waals surface area contributed by atoms with Crippen LogP contribution in [0.1, 0.15) is 27.2 Å². The van der Waals surface area contributed by atoms with Crippen LogP contribution in [-0.2, 0) is 9.59 Å². The number of benzene rings is 1. The maximum absolute atomic E-state index is 12.1. The molecular weight excluding hydrogens is 278 g/mol. The second-order valence-corrected chi connectivity index (χ2v) is 6.45. The van der Waals surface area contributed by atoms with Gasteiger partial charge < -0.3 is 10.6 Å². The SMILES string of the molecule is CC(=O)Nc1ccc(NC(=O)CN2C[C@H](C)C[C@@H](C)C2)cc1. The average Bonchev–Trinajstić information content (AvgIpc) is 2.39. The molecule has 5 nitrogen and oxygen atoms in total. The minimum Gasteiger partial charge on any atom is -0.326 e. The summed E-state index contributed by atoms with van der Waals surface area (Å²) < 4.78 is 0. The Kier molecular flexibility index (Phi) is 5.55. The first-order valence-corrected chi connectivity index (χ1v) is 7.82. The third kappa shape index (κ3) is 5.15. The van der Waals surface area contributed by atoms with Crippen molar-refractivity contribution < 1.29 is 9.59 Å². The summed E-state index contributed by atoms with van der Waals surface area (Å²) in [6.07, 6.45) is 1.24. The summed E-state index contributed by atoms with van der Waals surface area (Å²) in [5, 5.41) is 5.61. The van der Waals surface area contributed by atoms with E-state index in [1.807, 2.05) is 0 Å². The second-order valence-electron chi connectivity index (χ2n) is 6.45. The van der Waals surface area contributed by atoms with E-state index in [4.69, 9.17) is 0 Å². The molecule has 0 radical (unpaired) electrons. The molecule has 2 atom stereocenters. The summed E-state index contributed by atoms with van der Waals surface area (Å²) in [6, 6.07) is 7.15. The summed E-state index contributed by atoms with van der Waals surface area (Å²) in [4.78, 5) is 25.3. The van der Waals surface area contributed by atoms with Crippen LogP contribution in [0.15, 0.2) is 24.3 Å². The van der Waals surface area contributed by atoms with E-state index in [2.05, 4.69) is 29.4 Å². The summed E-state index contributed by atoms with van der Waals surface area (Å²) >= 11 is 0. The Balaban J connectivity index is 1.85. The van der Waals surface area contributed by atoms with Crippen LogP contribution in [-0.4, -0.2) is 36.3 Å². The number of anilines is 2. The van der Waals surface area contributed by atoms with Crippen molar-refractivity contribution >= 4 is 23.2 Å². The molecule has 1 aromatic rings. The minimum atomic E-state index is -0.106. The zero-order valence-electron chi connectivity index (χ0n) is 13.6. The van der Waals surface area contributed by atoms with Crippen molar-refractivity contribution in [2.75, 3.05) is 30.3 Å². The molecule has 1 aromatic carbocycles. The van der Waals surface area contributed by atoms with Gasteiger partial charge in [-0.1, -0.05) is 13.8 Å². The van der Waals surface area contributed by atoms with Gasteiger partial charge in [-0.05, 0) is 42.5 Å². The Morgan fingerprint density at radius 3 is 2.05 bits per heavy atom. The van der Waals surface area contributed by atoms with Gasteiger partial charge in [-0.3, -0.25) is 14.5 Å². The van der Waals surface area contributed by atoms with Crippen LogP contribution >= 0.6 is 0 Å². The zero-order chi connectivity index (χ0) is 16.1. The number of hydrogen-bond acceptors (Lipinski definition) is 3. The van der Waals surface area contributed by atoms with Crippen molar-refractivity contribution in [3.63, 3.8) is 0 Å². The van der Waals surface area contributed by atoms with E-state index in [-0.39, 0.29) is 11.8 Å². The van der Waals surface area contributed by atoms with E-state index in [9.17, 15) is 9.59 Å². The third-order valence-electron chi connectivity index (χ3n) is 3.80. The molecule has 0 aromatic heterocycles. The number of carbonyl (C=O) groups excluding carboxylic acids is 2. The van der Waals surface area contributed by atoms with E-state index in [1.165, 1.54) is 13.3 Å². The highest BCUT2D eigenvalue weighted by Crippen LogP contribution is 2.20. The number of piperidine rings is 1. The van der Waals surface area contributed by atoms with Gasteiger partial charge in [-0.25, -0.2) is 0 Å². The first-order chi connectivity index (χ1) is 10.4. The van der Waals surface area contributed by atoms with Gasteiger partial charge in [0.1, 0.15) is 0 Å². The molecule has 1 aliphatic rings. The summed E-state index contributed by atoms with van der Waals surface area (Å²) in [5.41, 5.74) is 1.47. The van der Waals surface area contributed by atoms with Gasteiger partial charge in [0.15, 0.2) is 0 Å². The van der Waals surface area contributed by atoms with E-state index in [0.717, 1.165) is 24.5 Å². The maximum atomic E-state index is 12.1. The van der Waals surface area contributed by atoms with Crippen LogP contribution in [0.25, 0.3) is 0 Å². The molecule has 0 spiro atoms. The van der Waals surface area contributed by atoms with Crippen LogP contribution < -0.4 is 10.6 Å². The Labute approximate surface area is 132 Å². The van der Waals surface area contributed by atoms with Gasteiger partial charge >= 0.3 is 0 Å². The number of nitrogens with zero attached hydrogens (tertiary/aromatic N) is 1. The Hall–Kier alpha value is -1.88. The molecule has 0 unspecified atom stereocenters. The fourth-order valence-corrected chi connectivity index (χ4v) is 3.16. The number of likely N-dealkylation sites (tertiary alicyclic amines) is 1. The summed E-state index contributed by atoms with van der Waals surface area (Å²) in [7, 11) is 0. The monoisotopic (exact) mass is 303 g/mol. The molecule has 0 saturated carbocycles. The number of carbonyl (C=O) groups is 2. The van der Waals surface area contributed by atoms with Crippen molar-refractivity contribution in [2.24, 2.45) is 11.8 Å². The highest BCUT2D eigenvalue weighted by atomic mass is 16.2. The molecule has 5 heteroatoms. The predicted octanol–water partition coefficient (Wildman–Crippen LogP) is 2.56. The first kappa shape index (κ1) is 16.5. The van der Waals surface area contributed by atoms with Crippen molar-refractivity contribution in [1.82, 2.24) is 4.90 Å². The highest BCUT2D eigenvalue weighted by molar-refractivity contribution is 5.93. The quantitative estimate of drug-likeness (QED) is 0.898. The standard InChI is InChI=1S/C17H25N3O2/c1-12-8-13(2)10-20(9-12)11-17(22)19-16-6-4-15(5-7-16)18-14(3)21/h4-7,12-13H,8-11H2,1-3H3,(H,18,21)(H,19,22)/t12-,13-/m1/s1. The number of rotatable bonds is 4. The van der Waals surface area contributed by atoms with Crippen molar-refractivity contribution in [1.29, 1.82) is 0 Å². The van der Waals surface area contributed by atoms with Gasteiger partial charge in [0.05, 0.1) is 6.54 Å². The molecule has 2 N–H and O–H groups in total. The molecule has 120 valence electrons. The second kappa shape index (κ2) is 7.40. The number of hydrogen-bond donors (Lipinski definition) is 2. The van der Waals surface area contributed by atoms with Gasteiger partial charge in [0.25, 0.3) is 0 Å². The smallest absolute Gasteiger partial charge is 0.238 e. The fourth-order valence-electron chi connectivity index (χ4n) is 3.16. The third-order valence-corrected chi connectivity index (χ3v) is 3.80. The molecule has 1 saturated heterocycles. The molecule has 1 heterocycles. The molecule has 2 rings (SSSR count). The molecule has 2 amide bonds.